The van der Waals surface area contributed by atoms with E-state index in [1.807, 2.05) is 90.1 Å². The third-order valence-corrected chi connectivity index (χ3v) is 13.0. The zero-order valence-corrected chi connectivity index (χ0v) is 43.5. The third kappa shape index (κ3) is 12.9. The van der Waals surface area contributed by atoms with Gasteiger partial charge in [0.2, 0.25) is 0 Å². The maximum Gasteiger partial charge on any atom is 0.306 e. The van der Waals surface area contributed by atoms with Crippen molar-refractivity contribution < 1.29 is 40.2 Å². The molecule has 4 aromatic rings. The summed E-state index contributed by atoms with van der Waals surface area (Å²) < 4.78 is 0. The summed E-state index contributed by atoms with van der Waals surface area (Å²) >= 11 is 0. The van der Waals surface area contributed by atoms with Gasteiger partial charge in [-0.15, -0.1) is 0 Å². The lowest BCUT2D eigenvalue weighted by Gasteiger charge is -2.29. The van der Waals surface area contributed by atoms with E-state index in [0.29, 0.717) is 35.1 Å². The summed E-state index contributed by atoms with van der Waals surface area (Å²) in [5.41, 5.74) is 7.00. The smallest absolute Gasteiger partial charge is 0.306 e. The van der Waals surface area contributed by atoms with Crippen LogP contribution in [0.1, 0.15) is 204 Å². The average Bonchev–Trinajstić information content (AvgIpc) is 3.13. The molecule has 0 fully saturated rings. The Bertz CT molecular complexity index is 2190. The standard InChI is InChI=1S/C58H82O8/c1-53(2,3)41-27-33(23-39(47(41)59)25-35-29-43(55(7,8)9)49(61)44(30-35)56(10,11)12)21-37(51(63)64)19-20-38(52(65)66)22-34-24-40(48(60)42(28-34)54(4,5)6)26-36-31-45(57(13,14)15)50(62)46(32-36)58(16,17)18/h23-24,27-32,37-38,59-62H,19-22,25-26H2,1-18H3,(H,63,64)(H,65,66). The first-order valence-corrected chi connectivity index (χ1v) is 23.7. The lowest BCUT2D eigenvalue weighted by molar-refractivity contribution is -0.145. The lowest BCUT2D eigenvalue weighted by atomic mass is 9.77. The second kappa shape index (κ2) is 19.0. The van der Waals surface area contributed by atoms with Gasteiger partial charge in [0, 0.05) is 12.8 Å². The van der Waals surface area contributed by atoms with E-state index in [-0.39, 0.29) is 70.3 Å². The van der Waals surface area contributed by atoms with Gasteiger partial charge in [-0.05, 0) is 125 Å². The minimum atomic E-state index is -1.02. The van der Waals surface area contributed by atoms with Crippen molar-refractivity contribution in [1.29, 1.82) is 0 Å². The molecule has 0 bridgehead atoms. The number of carboxylic acids is 2. The lowest BCUT2D eigenvalue weighted by Crippen LogP contribution is -2.23. The summed E-state index contributed by atoms with van der Waals surface area (Å²) in [6.45, 7) is 36.8. The highest BCUT2D eigenvalue weighted by Gasteiger charge is 2.32. The number of phenolic OH excluding ortho intramolecular Hbond substituents is 4. The van der Waals surface area contributed by atoms with Crippen LogP contribution in [0.15, 0.2) is 48.5 Å². The summed E-state index contributed by atoms with van der Waals surface area (Å²) in [5.74, 6) is -2.97. The minimum Gasteiger partial charge on any atom is -0.507 e. The van der Waals surface area contributed by atoms with E-state index in [9.17, 15) is 40.2 Å². The van der Waals surface area contributed by atoms with Crippen LogP contribution >= 0.6 is 0 Å². The summed E-state index contributed by atoms with van der Waals surface area (Å²) in [4.78, 5) is 26.0. The fraction of sp³-hybridized carbons (Fsp3) is 0.552. The van der Waals surface area contributed by atoms with E-state index in [2.05, 4.69) is 83.1 Å². The fourth-order valence-corrected chi connectivity index (χ4v) is 9.09. The number of hydrogen-bond acceptors (Lipinski definition) is 6. The van der Waals surface area contributed by atoms with Gasteiger partial charge in [0.05, 0.1) is 11.8 Å². The van der Waals surface area contributed by atoms with Gasteiger partial charge < -0.3 is 30.6 Å². The Hall–Kier alpha value is -4.98. The van der Waals surface area contributed by atoms with E-state index in [1.165, 1.54) is 0 Å². The van der Waals surface area contributed by atoms with Gasteiger partial charge in [0.1, 0.15) is 23.0 Å². The largest absolute Gasteiger partial charge is 0.507 e. The number of rotatable bonds is 13. The Kier molecular flexibility index (Phi) is 15.4. The van der Waals surface area contributed by atoms with Crippen molar-refractivity contribution in [3.8, 4) is 23.0 Å². The summed E-state index contributed by atoms with van der Waals surface area (Å²) in [6.07, 6.45) is 1.25. The van der Waals surface area contributed by atoms with Crippen LogP contribution < -0.4 is 0 Å². The molecule has 0 aliphatic carbocycles. The number of carboxylic acid groups (broad SMARTS) is 2. The van der Waals surface area contributed by atoms with Crippen LogP contribution in [0, 0.1) is 11.8 Å². The average molecular weight is 907 g/mol. The molecule has 0 saturated heterocycles. The molecule has 0 aromatic heterocycles. The Balaban J connectivity index is 1.72. The van der Waals surface area contributed by atoms with Crippen molar-refractivity contribution in [3.05, 3.63) is 115 Å². The van der Waals surface area contributed by atoms with E-state index in [0.717, 1.165) is 44.5 Å². The number of aliphatic carboxylic acids is 2. The molecule has 0 saturated carbocycles. The second-order valence-corrected chi connectivity index (χ2v) is 25.3. The highest BCUT2D eigenvalue weighted by Crippen LogP contribution is 2.44. The number of phenols is 4. The quantitative estimate of drug-likeness (QED) is 0.0775. The Morgan fingerprint density at radius 3 is 0.788 bits per heavy atom. The van der Waals surface area contributed by atoms with Gasteiger partial charge >= 0.3 is 11.9 Å². The second-order valence-electron chi connectivity index (χ2n) is 25.3. The van der Waals surface area contributed by atoms with Gasteiger partial charge in [-0.3, -0.25) is 9.59 Å². The third-order valence-electron chi connectivity index (χ3n) is 13.0. The summed E-state index contributed by atoms with van der Waals surface area (Å²) in [5, 5.41) is 67.6. The molecule has 2 atom stereocenters. The van der Waals surface area contributed by atoms with Crippen molar-refractivity contribution in [3.63, 3.8) is 0 Å². The molecule has 66 heavy (non-hydrogen) atoms. The number of aromatic hydroxyl groups is 4. The van der Waals surface area contributed by atoms with Gasteiger partial charge in [0.15, 0.2) is 0 Å². The Morgan fingerprint density at radius 2 is 0.576 bits per heavy atom. The van der Waals surface area contributed by atoms with Crippen LogP contribution in [-0.2, 0) is 67.8 Å². The molecule has 0 spiro atoms. The topological polar surface area (TPSA) is 156 Å². The van der Waals surface area contributed by atoms with Gasteiger partial charge in [-0.2, -0.15) is 0 Å². The molecule has 2 unspecified atom stereocenters. The Labute approximate surface area is 396 Å². The maximum absolute atomic E-state index is 13.0. The van der Waals surface area contributed by atoms with Crippen molar-refractivity contribution in [2.75, 3.05) is 0 Å². The van der Waals surface area contributed by atoms with Crippen molar-refractivity contribution in [2.45, 2.75) is 196 Å². The molecule has 0 aliphatic rings. The van der Waals surface area contributed by atoms with Crippen molar-refractivity contribution in [1.82, 2.24) is 0 Å². The van der Waals surface area contributed by atoms with Crippen LogP contribution in [0.25, 0.3) is 0 Å². The van der Waals surface area contributed by atoms with E-state index < -0.39 is 34.6 Å². The zero-order chi connectivity index (χ0) is 50.4. The van der Waals surface area contributed by atoms with E-state index in [4.69, 9.17) is 0 Å². The molecule has 8 heteroatoms. The van der Waals surface area contributed by atoms with Crippen molar-refractivity contribution >= 4 is 11.9 Å². The van der Waals surface area contributed by atoms with Gasteiger partial charge in [-0.25, -0.2) is 0 Å². The summed E-state index contributed by atoms with van der Waals surface area (Å²) in [6, 6.07) is 15.5. The van der Waals surface area contributed by atoms with Crippen LogP contribution in [0.4, 0.5) is 0 Å². The monoisotopic (exact) mass is 907 g/mol. The fourth-order valence-electron chi connectivity index (χ4n) is 9.09. The Morgan fingerprint density at radius 1 is 0.364 bits per heavy atom. The maximum atomic E-state index is 13.0. The molecule has 6 N–H and O–H groups in total. The molecule has 0 radical (unpaired) electrons. The first kappa shape index (κ1) is 53.6. The number of benzene rings is 4. The van der Waals surface area contributed by atoms with E-state index >= 15 is 0 Å². The van der Waals surface area contributed by atoms with Crippen LogP contribution in [0.3, 0.4) is 0 Å². The number of hydrogen-bond donors (Lipinski definition) is 6. The molecule has 0 heterocycles. The van der Waals surface area contributed by atoms with Crippen LogP contribution in [0.2, 0.25) is 0 Å². The molecule has 4 rings (SSSR count). The minimum absolute atomic E-state index is 0.116. The van der Waals surface area contributed by atoms with Crippen LogP contribution in [0.5, 0.6) is 23.0 Å². The molecular formula is C58H82O8. The summed E-state index contributed by atoms with van der Waals surface area (Å²) in [7, 11) is 0. The molecule has 362 valence electrons. The highest BCUT2D eigenvalue weighted by atomic mass is 16.4. The van der Waals surface area contributed by atoms with Gasteiger partial charge in [-0.1, -0.05) is 173 Å². The molecule has 8 nitrogen and oxygen atoms in total. The molecule has 4 aromatic carbocycles. The normalized spacial score (nSPS) is 14.0. The predicted molar refractivity (Wildman–Crippen MR) is 269 cm³/mol. The SMILES string of the molecule is CC(C)(C)c1cc(CC(CCC(Cc2cc(Cc3cc(C(C)(C)C)c(O)c(C(C)(C)C)c3)c(O)c(C(C)(C)C)c2)C(=O)O)C(=O)O)cc(Cc2cc(C(C)(C)C)c(O)c(C(C)(C)C)c2)c1O. The van der Waals surface area contributed by atoms with Crippen LogP contribution in [-0.4, -0.2) is 42.6 Å². The van der Waals surface area contributed by atoms with Gasteiger partial charge in [0.25, 0.3) is 0 Å². The molecule has 0 aliphatic heterocycles. The molecule has 0 amide bonds. The van der Waals surface area contributed by atoms with Crippen molar-refractivity contribution in [2.24, 2.45) is 11.8 Å². The van der Waals surface area contributed by atoms with E-state index in [1.54, 1.807) is 0 Å². The zero-order valence-electron chi connectivity index (χ0n) is 43.5. The molecular weight excluding hydrogens is 825 g/mol. The first-order valence-electron chi connectivity index (χ1n) is 23.7. The highest BCUT2D eigenvalue weighted by molar-refractivity contribution is 5.72. The predicted octanol–water partition coefficient (Wildman–Crippen LogP) is 13.4. The first-order chi connectivity index (χ1) is 29.8. The number of carbonyl (C=O) groups is 2.